The molecule has 1 aromatic rings. The van der Waals surface area contributed by atoms with Gasteiger partial charge in [0.15, 0.2) is 5.96 Å². The number of carbonyl (C=O) groups excluding carboxylic acids is 1. The first-order valence-electron chi connectivity index (χ1n) is 9.26. The second-order valence-corrected chi connectivity index (χ2v) is 7.05. The number of aromatic nitrogens is 1. The number of carbonyl (C=O) groups is 1. The van der Waals surface area contributed by atoms with Gasteiger partial charge in [-0.2, -0.15) is 13.2 Å². The van der Waals surface area contributed by atoms with Crippen LogP contribution in [0, 0.1) is 5.92 Å². The van der Waals surface area contributed by atoms with E-state index < -0.39 is 11.7 Å². The third-order valence-corrected chi connectivity index (χ3v) is 4.91. The van der Waals surface area contributed by atoms with Crippen LogP contribution in [0.5, 0.6) is 5.88 Å². The lowest BCUT2D eigenvalue weighted by Crippen LogP contribution is -2.46. The van der Waals surface area contributed by atoms with Crippen molar-refractivity contribution >= 4 is 23.5 Å². The average molecular weight is 436 g/mol. The Morgan fingerprint density at radius 3 is 2.66 bits per heavy atom. The van der Waals surface area contributed by atoms with Crippen molar-refractivity contribution in [3.63, 3.8) is 0 Å². The number of aliphatic imine (C=N–C) groups is 1. The summed E-state index contributed by atoms with van der Waals surface area (Å²) in [5.41, 5.74) is -0.923. The summed E-state index contributed by atoms with van der Waals surface area (Å²) >= 11 is 5.82. The van der Waals surface area contributed by atoms with Crippen LogP contribution in [0.1, 0.15) is 24.8 Å². The van der Waals surface area contributed by atoms with Crippen molar-refractivity contribution in [2.45, 2.75) is 25.4 Å². The van der Waals surface area contributed by atoms with E-state index in [4.69, 9.17) is 16.3 Å². The predicted octanol–water partition coefficient (Wildman–Crippen LogP) is 2.56. The molecule has 29 heavy (non-hydrogen) atoms. The number of nitrogens with one attached hydrogen (secondary N) is 2. The SMILES string of the molecule is CN=C(NCCOc1ncc(C(F)(F)F)cc1Cl)N1CCC(CC(=O)NC)CC1. The highest BCUT2D eigenvalue weighted by molar-refractivity contribution is 6.31. The normalized spacial score (nSPS) is 15.9. The first-order chi connectivity index (χ1) is 13.7. The molecule has 0 radical (unpaired) electrons. The molecule has 1 aliphatic heterocycles. The Labute approximate surface area is 172 Å². The molecule has 1 aromatic heterocycles. The van der Waals surface area contributed by atoms with Crippen LogP contribution in [0.25, 0.3) is 0 Å². The van der Waals surface area contributed by atoms with Crippen LogP contribution in [0.4, 0.5) is 13.2 Å². The lowest BCUT2D eigenvalue weighted by atomic mass is 9.93. The molecule has 1 amide bonds. The van der Waals surface area contributed by atoms with Gasteiger partial charge in [-0.05, 0) is 24.8 Å². The zero-order valence-electron chi connectivity index (χ0n) is 16.4. The molecule has 11 heteroatoms. The minimum Gasteiger partial charge on any atom is -0.475 e. The number of hydrogen-bond acceptors (Lipinski definition) is 4. The standard InChI is InChI=1S/C18H25ClF3N5O2/c1-23-15(28)9-12-3-6-27(7-4-12)17(24-2)25-5-8-29-16-14(19)10-13(11-26-16)18(20,21)22/h10-12H,3-9H2,1-2H3,(H,23,28)(H,24,25). The Bertz CT molecular complexity index is 722. The molecule has 1 saturated heterocycles. The Balaban J connectivity index is 1.76. The zero-order chi connectivity index (χ0) is 21.4. The third-order valence-electron chi connectivity index (χ3n) is 4.64. The Morgan fingerprint density at radius 2 is 2.10 bits per heavy atom. The van der Waals surface area contributed by atoms with Crippen molar-refractivity contribution in [3.8, 4) is 5.88 Å². The smallest absolute Gasteiger partial charge is 0.417 e. The van der Waals surface area contributed by atoms with E-state index in [2.05, 4.69) is 25.5 Å². The van der Waals surface area contributed by atoms with Crippen LogP contribution >= 0.6 is 11.6 Å². The molecular weight excluding hydrogens is 411 g/mol. The summed E-state index contributed by atoms with van der Waals surface area (Å²) in [6.07, 6.45) is -1.48. The number of guanidine groups is 1. The molecule has 7 nitrogen and oxygen atoms in total. The molecule has 2 N–H and O–H groups in total. The van der Waals surface area contributed by atoms with Crippen LogP contribution in [0.2, 0.25) is 5.02 Å². The molecule has 0 aromatic carbocycles. The lowest BCUT2D eigenvalue weighted by Gasteiger charge is -2.34. The third kappa shape index (κ3) is 6.95. The quantitative estimate of drug-likeness (QED) is 0.408. The number of pyridine rings is 1. The molecular formula is C18H25ClF3N5O2. The van der Waals surface area contributed by atoms with E-state index in [1.165, 1.54) is 0 Å². The number of alkyl halides is 3. The second kappa shape index (κ2) is 10.5. The van der Waals surface area contributed by atoms with E-state index in [-0.39, 0.29) is 23.4 Å². The van der Waals surface area contributed by atoms with Gasteiger partial charge in [0.25, 0.3) is 0 Å². The topological polar surface area (TPSA) is 78.9 Å². The number of ether oxygens (including phenoxy) is 1. The maximum absolute atomic E-state index is 12.6. The van der Waals surface area contributed by atoms with Gasteiger partial charge >= 0.3 is 6.18 Å². The van der Waals surface area contributed by atoms with Gasteiger partial charge in [-0.15, -0.1) is 0 Å². The molecule has 0 atom stereocenters. The summed E-state index contributed by atoms with van der Waals surface area (Å²) in [4.78, 5) is 21.5. The summed E-state index contributed by atoms with van der Waals surface area (Å²) in [7, 11) is 3.31. The van der Waals surface area contributed by atoms with Crippen molar-refractivity contribution in [2.75, 3.05) is 40.3 Å². The summed E-state index contributed by atoms with van der Waals surface area (Å²) in [6.45, 7) is 2.11. The van der Waals surface area contributed by atoms with Crippen molar-refractivity contribution in [1.29, 1.82) is 0 Å². The highest BCUT2D eigenvalue weighted by atomic mass is 35.5. The van der Waals surface area contributed by atoms with Gasteiger partial charge in [0.1, 0.15) is 11.6 Å². The molecule has 0 saturated carbocycles. The van der Waals surface area contributed by atoms with Gasteiger partial charge in [0, 0.05) is 39.8 Å². The van der Waals surface area contributed by atoms with Crippen molar-refractivity contribution in [2.24, 2.45) is 10.9 Å². The number of piperidine rings is 1. The molecule has 0 bridgehead atoms. The molecule has 0 unspecified atom stereocenters. The number of halogens is 4. The maximum atomic E-state index is 12.6. The van der Waals surface area contributed by atoms with Crippen LogP contribution in [0.3, 0.4) is 0 Å². The van der Waals surface area contributed by atoms with E-state index in [1.807, 2.05) is 0 Å². The van der Waals surface area contributed by atoms with Crippen LogP contribution in [-0.2, 0) is 11.0 Å². The molecule has 0 spiro atoms. The van der Waals surface area contributed by atoms with Gasteiger partial charge in [-0.25, -0.2) is 4.98 Å². The first kappa shape index (κ1) is 23.1. The fourth-order valence-corrected chi connectivity index (χ4v) is 3.26. The summed E-state index contributed by atoms with van der Waals surface area (Å²) < 4.78 is 43.3. The van der Waals surface area contributed by atoms with E-state index in [0.717, 1.165) is 32.0 Å². The minimum atomic E-state index is -4.50. The van der Waals surface area contributed by atoms with E-state index >= 15 is 0 Å². The van der Waals surface area contributed by atoms with E-state index in [1.54, 1.807) is 14.1 Å². The van der Waals surface area contributed by atoms with E-state index in [0.29, 0.717) is 31.0 Å². The average Bonchev–Trinajstić information content (AvgIpc) is 2.69. The van der Waals surface area contributed by atoms with Crippen molar-refractivity contribution < 1.29 is 22.7 Å². The summed E-state index contributed by atoms with van der Waals surface area (Å²) in [5, 5.41) is 5.61. The number of amides is 1. The van der Waals surface area contributed by atoms with Crippen molar-refractivity contribution in [1.82, 2.24) is 20.5 Å². The maximum Gasteiger partial charge on any atom is 0.417 e. The minimum absolute atomic E-state index is 0.0496. The number of likely N-dealkylation sites (tertiary alicyclic amines) is 1. The second-order valence-electron chi connectivity index (χ2n) is 6.64. The van der Waals surface area contributed by atoms with Crippen LogP contribution in [-0.4, -0.2) is 62.1 Å². The number of rotatable bonds is 6. The fourth-order valence-electron chi connectivity index (χ4n) is 3.04. The number of hydrogen-bond donors (Lipinski definition) is 2. The number of nitrogens with zero attached hydrogens (tertiary/aromatic N) is 3. The molecule has 2 rings (SSSR count). The van der Waals surface area contributed by atoms with Gasteiger partial charge in [-0.3, -0.25) is 9.79 Å². The highest BCUT2D eigenvalue weighted by Gasteiger charge is 2.31. The predicted molar refractivity (Wildman–Crippen MR) is 104 cm³/mol. The van der Waals surface area contributed by atoms with Crippen molar-refractivity contribution in [3.05, 3.63) is 22.8 Å². The molecule has 2 heterocycles. The van der Waals surface area contributed by atoms with Crippen LogP contribution < -0.4 is 15.4 Å². The summed E-state index contributed by atoms with van der Waals surface area (Å²) in [6, 6.07) is 0.791. The van der Waals surface area contributed by atoms with Gasteiger partial charge in [0.05, 0.1) is 12.1 Å². The first-order valence-corrected chi connectivity index (χ1v) is 9.64. The monoisotopic (exact) mass is 435 g/mol. The summed E-state index contributed by atoms with van der Waals surface area (Å²) in [5.74, 6) is 1.07. The largest absolute Gasteiger partial charge is 0.475 e. The van der Waals surface area contributed by atoms with Gasteiger partial charge < -0.3 is 20.3 Å². The van der Waals surface area contributed by atoms with Gasteiger partial charge in [-0.1, -0.05) is 11.6 Å². The Morgan fingerprint density at radius 1 is 1.41 bits per heavy atom. The lowest BCUT2D eigenvalue weighted by molar-refractivity contribution is -0.137. The van der Waals surface area contributed by atoms with Crippen LogP contribution in [0.15, 0.2) is 17.3 Å². The molecule has 162 valence electrons. The molecule has 1 fully saturated rings. The highest BCUT2D eigenvalue weighted by Crippen LogP contribution is 2.33. The van der Waals surface area contributed by atoms with E-state index in [9.17, 15) is 18.0 Å². The van der Waals surface area contributed by atoms with Gasteiger partial charge in [0.2, 0.25) is 11.8 Å². The Kier molecular flexibility index (Phi) is 8.36. The molecule has 0 aliphatic carbocycles. The fraction of sp³-hybridized carbons (Fsp3) is 0.611. The molecule has 1 aliphatic rings. The Hall–Kier alpha value is -2.23. The zero-order valence-corrected chi connectivity index (χ0v) is 17.1.